The summed E-state index contributed by atoms with van der Waals surface area (Å²) < 4.78 is 7.18. The summed E-state index contributed by atoms with van der Waals surface area (Å²) in [6.07, 6.45) is 0. The molecule has 0 spiro atoms. The summed E-state index contributed by atoms with van der Waals surface area (Å²) >= 11 is 0. The number of carbonyl (C=O) groups is 1. The highest BCUT2D eigenvalue weighted by Crippen LogP contribution is 2.17. The Morgan fingerprint density at radius 1 is 1.40 bits per heavy atom. The van der Waals surface area contributed by atoms with Gasteiger partial charge in [0.15, 0.2) is 0 Å². The summed E-state index contributed by atoms with van der Waals surface area (Å²) in [5.74, 6) is -0.365. The van der Waals surface area contributed by atoms with E-state index in [-0.39, 0.29) is 12.6 Å². The molecule has 0 aliphatic heterocycles. The molecule has 0 radical (unpaired) electrons. The van der Waals surface area contributed by atoms with E-state index in [1.807, 2.05) is 31.5 Å². The zero-order valence-electron chi connectivity index (χ0n) is 12.0. The van der Waals surface area contributed by atoms with Gasteiger partial charge < -0.3 is 10.5 Å². The van der Waals surface area contributed by atoms with Crippen molar-refractivity contribution in [2.75, 3.05) is 5.73 Å². The molecule has 0 unspecified atom stereocenters. The van der Waals surface area contributed by atoms with E-state index in [0.717, 1.165) is 23.5 Å². The van der Waals surface area contributed by atoms with E-state index in [1.165, 1.54) is 0 Å². The third kappa shape index (κ3) is 2.82. The summed E-state index contributed by atoms with van der Waals surface area (Å²) in [5, 5.41) is 4.32. The summed E-state index contributed by atoms with van der Waals surface area (Å²) in [5.41, 5.74) is 9.44. The maximum Gasteiger partial charge on any atom is 0.338 e. The quantitative estimate of drug-likeness (QED) is 0.686. The smallest absolute Gasteiger partial charge is 0.338 e. The van der Waals surface area contributed by atoms with Crippen LogP contribution in [0.15, 0.2) is 24.3 Å². The molecule has 5 nitrogen and oxygen atoms in total. The topological polar surface area (TPSA) is 70.1 Å². The molecule has 0 amide bonds. The van der Waals surface area contributed by atoms with Crippen molar-refractivity contribution < 1.29 is 9.53 Å². The van der Waals surface area contributed by atoms with Gasteiger partial charge in [-0.3, -0.25) is 4.68 Å². The number of carbonyl (C=O) groups excluding carboxylic acids is 1. The van der Waals surface area contributed by atoms with Gasteiger partial charge in [-0.25, -0.2) is 4.79 Å². The van der Waals surface area contributed by atoms with E-state index < -0.39 is 0 Å². The summed E-state index contributed by atoms with van der Waals surface area (Å²) in [4.78, 5) is 12.1. The average Bonchev–Trinajstić information content (AvgIpc) is 2.79. The second kappa shape index (κ2) is 5.77. The van der Waals surface area contributed by atoms with Crippen molar-refractivity contribution in [3.63, 3.8) is 0 Å². The molecular weight excluding hydrogens is 254 g/mol. The first-order valence-electron chi connectivity index (χ1n) is 6.58. The number of hydrogen-bond donors (Lipinski definition) is 1. The van der Waals surface area contributed by atoms with Crippen LogP contribution in [0, 0.1) is 13.8 Å². The summed E-state index contributed by atoms with van der Waals surface area (Å²) in [6.45, 7) is 6.69. The maximum atomic E-state index is 12.1. The van der Waals surface area contributed by atoms with Crippen molar-refractivity contribution in [2.45, 2.75) is 33.9 Å². The van der Waals surface area contributed by atoms with E-state index in [0.29, 0.717) is 11.3 Å². The van der Waals surface area contributed by atoms with Gasteiger partial charge in [0.2, 0.25) is 0 Å². The van der Waals surface area contributed by atoms with Crippen molar-refractivity contribution in [3.8, 4) is 0 Å². The molecule has 0 aliphatic carbocycles. The van der Waals surface area contributed by atoms with E-state index in [4.69, 9.17) is 10.5 Å². The van der Waals surface area contributed by atoms with Gasteiger partial charge in [-0.05, 0) is 44.5 Å². The molecule has 0 aliphatic rings. The van der Waals surface area contributed by atoms with Gasteiger partial charge in [0.05, 0.1) is 17.0 Å². The molecule has 1 aromatic carbocycles. The zero-order chi connectivity index (χ0) is 14.7. The van der Waals surface area contributed by atoms with Gasteiger partial charge in [0.1, 0.15) is 6.61 Å². The molecule has 1 heterocycles. The Morgan fingerprint density at radius 2 is 2.15 bits per heavy atom. The first-order valence-corrected chi connectivity index (χ1v) is 6.58. The predicted octanol–water partition coefficient (Wildman–Crippen LogP) is 2.46. The predicted molar refractivity (Wildman–Crippen MR) is 77.3 cm³/mol. The van der Waals surface area contributed by atoms with Crippen LogP contribution in [-0.4, -0.2) is 15.7 Å². The zero-order valence-corrected chi connectivity index (χ0v) is 12.0. The van der Waals surface area contributed by atoms with Crippen LogP contribution in [0.4, 0.5) is 5.69 Å². The van der Waals surface area contributed by atoms with Crippen LogP contribution in [0.25, 0.3) is 0 Å². The number of hydrogen-bond acceptors (Lipinski definition) is 4. The highest BCUT2D eigenvalue weighted by atomic mass is 16.5. The number of rotatable bonds is 4. The highest BCUT2D eigenvalue weighted by Gasteiger charge is 2.13. The monoisotopic (exact) mass is 273 g/mol. The fraction of sp³-hybridized carbons (Fsp3) is 0.333. The molecule has 1 aromatic heterocycles. The lowest BCUT2D eigenvalue weighted by molar-refractivity contribution is 0.0461. The number of esters is 1. The minimum atomic E-state index is -0.365. The SMILES string of the molecule is CCn1nc(C)cc1COC(=O)c1cccc(N)c1C. The number of nitrogens with two attached hydrogens (primary N) is 1. The molecule has 2 rings (SSSR count). The Morgan fingerprint density at radius 3 is 2.85 bits per heavy atom. The highest BCUT2D eigenvalue weighted by molar-refractivity contribution is 5.92. The Labute approximate surface area is 118 Å². The van der Waals surface area contributed by atoms with E-state index in [1.54, 1.807) is 18.2 Å². The standard InChI is InChI=1S/C15H19N3O2/c1-4-18-12(8-10(2)17-18)9-20-15(19)13-6-5-7-14(16)11(13)3/h5-8H,4,9,16H2,1-3H3. The lowest BCUT2D eigenvalue weighted by Crippen LogP contribution is -2.11. The maximum absolute atomic E-state index is 12.1. The normalized spacial score (nSPS) is 10.6. The van der Waals surface area contributed by atoms with Crippen molar-refractivity contribution >= 4 is 11.7 Å². The lowest BCUT2D eigenvalue weighted by atomic mass is 10.1. The molecular formula is C15H19N3O2. The van der Waals surface area contributed by atoms with Crippen LogP contribution in [0.3, 0.4) is 0 Å². The van der Waals surface area contributed by atoms with Crippen molar-refractivity contribution in [1.82, 2.24) is 9.78 Å². The Balaban J connectivity index is 2.10. The van der Waals surface area contributed by atoms with Crippen LogP contribution < -0.4 is 5.73 Å². The number of ether oxygens (including phenoxy) is 1. The lowest BCUT2D eigenvalue weighted by Gasteiger charge is -2.09. The van der Waals surface area contributed by atoms with Crippen LogP contribution in [-0.2, 0) is 17.9 Å². The van der Waals surface area contributed by atoms with Crippen molar-refractivity contribution in [2.24, 2.45) is 0 Å². The molecule has 5 heteroatoms. The Bertz CT molecular complexity index is 632. The molecule has 2 N–H and O–H groups in total. The third-order valence-corrected chi connectivity index (χ3v) is 3.23. The van der Waals surface area contributed by atoms with E-state index in [2.05, 4.69) is 5.10 Å². The second-order valence-electron chi connectivity index (χ2n) is 4.69. The van der Waals surface area contributed by atoms with Gasteiger partial charge in [0.25, 0.3) is 0 Å². The van der Waals surface area contributed by atoms with Crippen molar-refractivity contribution in [1.29, 1.82) is 0 Å². The molecule has 2 aromatic rings. The molecule has 0 bridgehead atoms. The van der Waals surface area contributed by atoms with Crippen LogP contribution in [0.1, 0.15) is 34.2 Å². The van der Waals surface area contributed by atoms with Crippen LogP contribution >= 0.6 is 0 Å². The van der Waals surface area contributed by atoms with E-state index >= 15 is 0 Å². The molecule has 0 fully saturated rings. The van der Waals surface area contributed by atoms with Gasteiger partial charge >= 0.3 is 5.97 Å². The molecule has 20 heavy (non-hydrogen) atoms. The first-order chi connectivity index (χ1) is 9.52. The Kier molecular flexibility index (Phi) is 4.08. The molecule has 0 saturated heterocycles. The number of benzene rings is 1. The number of aryl methyl sites for hydroxylation is 2. The molecule has 0 saturated carbocycles. The van der Waals surface area contributed by atoms with Gasteiger partial charge in [-0.1, -0.05) is 6.07 Å². The van der Waals surface area contributed by atoms with Gasteiger partial charge in [-0.2, -0.15) is 5.10 Å². The minimum Gasteiger partial charge on any atom is -0.456 e. The van der Waals surface area contributed by atoms with Crippen LogP contribution in [0.2, 0.25) is 0 Å². The number of anilines is 1. The van der Waals surface area contributed by atoms with Crippen molar-refractivity contribution in [3.05, 3.63) is 46.8 Å². The fourth-order valence-electron chi connectivity index (χ4n) is 2.08. The Hall–Kier alpha value is -2.30. The average molecular weight is 273 g/mol. The number of nitrogens with zero attached hydrogens (tertiary/aromatic N) is 2. The van der Waals surface area contributed by atoms with Gasteiger partial charge in [-0.15, -0.1) is 0 Å². The van der Waals surface area contributed by atoms with Crippen LogP contribution in [0.5, 0.6) is 0 Å². The number of aromatic nitrogens is 2. The third-order valence-electron chi connectivity index (χ3n) is 3.23. The van der Waals surface area contributed by atoms with E-state index in [9.17, 15) is 4.79 Å². The summed E-state index contributed by atoms with van der Waals surface area (Å²) in [6, 6.07) is 7.15. The molecule has 106 valence electrons. The largest absolute Gasteiger partial charge is 0.456 e. The number of nitrogen functional groups attached to an aromatic ring is 1. The minimum absolute atomic E-state index is 0.210. The second-order valence-corrected chi connectivity index (χ2v) is 4.69. The first kappa shape index (κ1) is 14.1. The molecule has 0 atom stereocenters. The summed E-state index contributed by atoms with van der Waals surface area (Å²) in [7, 11) is 0. The fourth-order valence-corrected chi connectivity index (χ4v) is 2.08. The van der Waals surface area contributed by atoms with Gasteiger partial charge in [0, 0.05) is 12.2 Å².